The average Bonchev–Trinajstić information content (AvgIpc) is 2.78. The zero-order chi connectivity index (χ0) is 14.1. The summed E-state index contributed by atoms with van der Waals surface area (Å²) in [5.41, 5.74) is -1.29. The minimum absolute atomic E-state index is 0.381. The van der Waals surface area contributed by atoms with Gasteiger partial charge < -0.3 is 5.11 Å². The summed E-state index contributed by atoms with van der Waals surface area (Å²) in [6.07, 6.45) is 3.94. The van der Waals surface area contributed by atoms with Gasteiger partial charge >= 0.3 is 5.97 Å². The van der Waals surface area contributed by atoms with Crippen molar-refractivity contribution in [1.29, 1.82) is 0 Å². The van der Waals surface area contributed by atoms with Gasteiger partial charge in [-0.2, -0.15) is 17.4 Å². The lowest BCUT2D eigenvalue weighted by Crippen LogP contribution is -2.57. The quantitative estimate of drug-likeness (QED) is 0.807. The number of piperidine rings is 1. The van der Waals surface area contributed by atoms with Gasteiger partial charge in [0.05, 0.1) is 0 Å². The van der Waals surface area contributed by atoms with Crippen LogP contribution >= 0.6 is 0 Å². The van der Waals surface area contributed by atoms with Crippen molar-refractivity contribution in [3.8, 4) is 0 Å². The van der Waals surface area contributed by atoms with Crippen LogP contribution in [0.15, 0.2) is 0 Å². The molecular weight excluding hydrogens is 268 g/mol. The minimum Gasteiger partial charge on any atom is -0.480 e. The van der Waals surface area contributed by atoms with Gasteiger partial charge in [0, 0.05) is 13.1 Å². The van der Waals surface area contributed by atoms with E-state index in [-0.39, 0.29) is 0 Å². The summed E-state index contributed by atoms with van der Waals surface area (Å²) in [6, 6.07) is 0. The second-order valence-electron chi connectivity index (χ2n) is 5.78. The highest BCUT2D eigenvalue weighted by molar-refractivity contribution is 7.87. The molecule has 110 valence electrons. The van der Waals surface area contributed by atoms with E-state index < -0.39 is 21.7 Å². The first-order valence-electron chi connectivity index (χ1n) is 6.88. The fourth-order valence-corrected chi connectivity index (χ4v) is 4.48. The molecule has 1 saturated heterocycles. The molecule has 1 heterocycles. The predicted molar refractivity (Wildman–Crippen MR) is 70.9 cm³/mol. The normalized spacial score (nSPS) is 25.5. The van der Waals surface area contributed by atoms with Crippen LogP contribution < -0.4 is 4.72 Å². The molecule has 0 aromatic rings. The van der Waals surface area contributed by atoms with E-state index in [4.69, 9.17) is 0 Å². The van der Waals surface area contributed by atoms with Crippen molar-refractivity contribution in [2.45, 2.75) is 51.0 Å². The number of carboxylic acid groups (broad SMARTS) is 1. The standard InChI is InChI=1S/C12H22N2O4S/c1-10-4-8-14(9-5-10)19(17,18)13-12(11(15)16)6-2-3-7-12/h10,13H,2-9H2,1H3,(H,15,16). The smallest absolute Gasteiger partial charge is 0.324 e. The third kappa shape index (κ3) is 3.09. The average molecular weight is 290 g/mol. The van der Waals surface area contributed by atoms with Gasteiger partial charge in [0.2, 0.25) is 0 Å². The number of hydrogen-bond acceptors (Lipinski definition) is 3. The molecule has 0 amide bonds. The number of nitrogens with zero attached hydrogens (tertiary/aromatic N) is 1. The molecule has 6 nitrogen and oxygen atoms in total. The summed E-state index contributed by atoms with van der Waals surface area (Å²) in [5, 5.41) is 9.32. The lowest BCUT2D eigenvalue weighted by Gasteiger charge is -2.33. The molecule has 2 aliphatic rings. The lowest BCUT2D eigenvalue weighted by molar-refractivity contribution is -0.143. The first-order chi connectivity index (χ1) is 8.86. The van der Waals surface area contributed by atoms with Crippen LogP contribution in [0, 0.1) is 5.92 Å². The molecule has 7 heteroatoms. The van der Waals surface area contributed by atoms with Crippen LogP contribution in [-0.2, 0) is 15.0 Å². The van der Waals surface area contributed by atoms with Crippen LogP contribution in [0.4, 0.5) is 0 Å². The van der Waals surface area contributed by atoms with Crippen LogP contribution in [0.5, 0.6) is 0 Å². The van der Waals surface area contributed by atoms with Gasteiger partial charge in [-0.1, -0.05) is 19.8 Å². The van der Waals surface area contributed by atoms with E-state index in [9.17, 15) is 18.3 Å². The second-order valence-corrected chi connectivity index (χ2v) is 7.45. The van der Waals surface area contributed by atoms with E-state index in [0.29, 0.717) is 31.8 Å². The van der Waals surface area contributed by atoms with Crippen LogP contribution in [0.1, 0.15) is 45.4 Å². The fraction of sp³-hybridized carbons (Fsp3) is 0.917. The molecule has 0 spiro atoms. The van der Waals surface area contributed by atoms with Crippen LogP contribution in [0.3, 0.4) is 0 Å². The van der Waals surface area contributed by atoms with E-state index in [1.165, 1.54) is 4.31 Å². The molecule has 0 atom stereocenters. The summed E-state index contributed by atoms with van der Waals surface area (Å²) in [4.78, 5) is 11.4. The molecule has 2 N–H and O–H groups in total. The highest BCUT2D eigenvalue weighted by atomic mass is 32.2. The Hall–Kier alpha value is -0.660. The number of carbonyl (C=O) groups is 1. The SMILES string of the molecule is CC1CCN(S(=O)(=O)NC2(C(=O)O)CCCC2)CC1. The van der Waals surface area contributed by atoms with Crippen molar-refractivity contribution in [2.75, 3.05) is 13.1 Å². The largest absolute Gasteiger partial charge is 0.480 e. The zero-order valence-corrected chi connectivity index (χ0v) is 12.1. The molecule has 0 radical (unpaired) electrons. The summed E-state index contributed by atoms with van der Waals surface area (Å²) < 4.78 is 28.5. The van der Waals surface area contributed by atoms with Crippen molar-refractivity contribution in [2.24, 2.45) is 5.92 Å². The Morgan fingerprint density at radius 2 is 1.79 bits per heavy atom. The number of hydrogen-bond donors (Lipinski definition) is 2. The van der Waals surface area contributed by atoms with E-state index in [1.54, 1.807) is 0 Å². The maximum Gasteiger partial charge on any atom is 0.324 e. The first-order valence-corrected chi connectivity index (χ1v) is 8.32. The molecule has 1 aliphatic carbocycles. The van der Waals surface area contributed by atoms with E-state index >= 15 is 0 Å². The maximum absolute atomic E-state index is 12.3. The summed E-state index contributed by atoms with van der Waals surface area (Å²) >= 11 is 0. The molecule has 2 rings (SSSR count). The second kappa shape index (κ2) is 5.38. The van der Waals surface area contributed by atoms with Crippen molar-refractivity contribution in [3.63, 3.8) is 0 Å². The Morgan fingerprint density at radius 1 is 1.26 bits per heavy atom. The fourth-order valence-electron chi connectivity index (χ4n) is 2.87. The van der Waals surface area contributed by atoms with Crippen LogP contribution in [0.2, 0.25) is 0 Å². The van der Waals surface area contributed by atoms with Crippen molar-refractivity contribution >= 4 is 16.2 Å². The Morgan fingerprint density at radius 3 is 2.26 bits per heavy atom. The van der Waals surface area contributed by atoms with Gasteiger partial charge in [0.25, 0.3) is 10.2 Å². The van der Waals surface area contributed by atoms with E-state index in [2.05, 4.69) is 11.6 Å². The van der Waals surface area contributed by atoms with E-state index in [0.717, 1.165) is 25.7 Å². The number of nitrogens with one attached hydrogen (secondary N) is 1. The molecule has 0 aromatic carbocycles. The van der Waals surface area contributed by atoms with Gasteiger partial charge in [-0.25, -0.2) is 0 Å². The van der Waals surface area contributed by atoms with Gasteiger partial charge in [0.1, 0.15) is 5.54 Å². The number of aliphatic carboxylic acids is 1. The van der Waals surface area contributed by atoms with Gasteiger partial charge in [-0.15, -0.1) is 0 Å². The van der Waals surface area contributed by atoms with Crippen molar-refractivity contribution in [3.05, 3.63) is 0 Å². The topological polar surface area (TPSA) is 86.7 Å². The maximum atomic E-state index is 12.3. The third-order valence-corrected chi connectivity index (χ3v) is 5.97. The Balaban J connectivity index is 2.10. The summed E-state index contributed by atoms with van der Waals surface area (Å²) in [6.45, 7) is 3.06. The summed E-state index contributed by atoms with van der Waals surface area (Å²) in [7, 11) is -3.69. The molecule has 2 fully saturated rings. The minimum atomic E-state index is -3.69. The molecule has 19 heavy (non-hydrogen) atoms. The number of carboxylic acids is 1. The molecular formula is C12H22N2O4S. The van der Waals surface area contributed by atoms with Crippen molar-refractivity contribution < 1.29 is 18.3 Å². The zero-order valence-electron chi connectivity index (χ0n) is 11.3. The summed E-state index contributed by atoms with van der Waals surface area (Å²) in [5.74, 6) is -0.523. The predicted octanol–water partition coefficient (Wildman–Crippen LogP) is 0.950. The van der Waals surface area contributed by atoms with Gasteiger partial charge in [-0.3, -0.25) is 4.79 Å². The van der Waals surface area contributed by atoms with Crippen molar-refractivity contribution in [1.82, 2.24) is 9.03 Å². The lowest BCUT2D eigenvalue weighted by atomic mass is 10.0. The Labute approximate surface area is 114 Å². The molecule has 0 bridgehead atoms. The molecule has 1 saturated carbocycles. The Kier molecular flexibility index (Phi) is 4.17. The number of rotatable bonds is 4. The highest BCUT2D eigenvalue weighted by Crippen LogP contribution is 2.31. The van der Waals surface area contributed by atoms with Gasteiger partial charge in [0.15, 0.2) is 0 Å². The molecule has 0 unspecified atom stereocenters. The highest BCUT2D eigenvalue weighted by Gasteiger charge is 2.45. The molecule has 1 aliphatic heterocycles. The molecule has 0 aromatic heterocycles. The third-order valence-electron chi connectivity index (χ3n) is 4.27. The van der Waals surface area contributed by atoms with Gasteiger partial charge in [-0.05, 0) is 31.6 Å². The van der Waals surface area contributed by atoms with Crippen LogP contribution in [-0.4, -0.2) is 42.4 Å². The monoisotopic (exact) mass is 290 g/mol. The first kappa shape index (κ1) is 14.7. The Bertz CT molecular complexity index is 435. The van der Waals surface area contributed by atoms with E-state index in [1.807, 2.05) is 0 Å². The van der Waals surface area contributed by atoms with Crippen LogP contribution in [0.25, 0.3) is 0 Å².